The van der Waals surface area contributed by atoms with Crippen LogP contribution in [0.4, 0.5) is 4.79 Å². The molecule has 1 amide bonds. The van der Waals surface area contributed by atoms with Crippen LogP contribution in [0.2, 0.25) is 0 Å². The van der Waals surface area contributed by atoms with Gasteiger partial charge in [-0.25, -0.2) is 4.79 Å². The molecule has 1 aromatic rings. The van der Waals surface area contributed by atoms with Crippen molar-refractivity contribution >= 4 is 6.09 Å². The number of rotatable bonds is 2. The molecule has 22 heavy (non-hydrogen) atoms. The van der Waals surface area contributed by atoms with E-state index in [4.69, 9.17) is 9.84 Å². The highest BCUT2D eigenvalue weighted by Crippen LogP contribution is 2.26. The minimum Gasteiger partial charge on any atom is -0.488 e. The largest absolute Gasteiger partial charge is 0.488 e. The van der Waals surface area contributed by atoms with Crippen LogP contribution >= 0.6 is 0 Å². The van der Waals surface area contributed by atoms with Crippen LogP contribution in [0.3, 0.4) is 0 Å². The molecule has 0 spiro atoms. The predicted octanol–water partition coefficient (Wildman–Crippen LogP) is 4.38. The second-order valence-corrected chi connectivity index (χ2v) is 6.05. The highest BCUT2D eigenvalue weighted by atomic mass is 16.5. The number of carbonyl (C=O) groups is 1. The van der Waals surface area contributed by atoms with Crippen LogP contribution in [-0.4, -0.2) is 23.8 Å². The molecule has 0 radical (unpaired) electrons. The van der Waals surface area contributed by atoms with Gasteiger partial charge in [0, 0.05) is 0 Å². The quantitative estimate of drug-likeness (QED) is 0.797. The van der Waals surface area contributed by atoms with Gasteiger partial charge in [0.15, 0.2) is 0 Å². The maximum atomic E-state index is 10.3. The predicted molar refractivity (Wildman–Crippen MR) is 87.5 cm³/mol. The summed E-state index contributed by atoms with van der Waals surface area (Å²) in [6.07, 6.45) is 11.3. The molecule has 1 atom stereocenters. The first kappa shape index (κ1) is 16.7. The standard InChI is InChI=1S/C11H13NO3.C7H14/c13-11(14)12-7-9-6-5-8-3-1-2-4-10(8)15-9;1-2-4-6-7-5-3-1/h1-4,9,12H,5-7H2,(H,13,14);1-7H2. The van der Waals surface area contributed by atoms with Gasteiger partial charge in [0.1, 0.15) is 11.9 Å². The van der Waals surface area contributed by atoms with Gasteiger partial charge in [0.25, 0.3) is 0 Å². The molecule has 1 aromatic carbocycles. The third-order valence-electron chi connectivity index (χ3n) is 4.23. The van der Waals surface area contributed by atoms with Crippen molar-refractivity contribution in [1.29, 1.82) is 0 Å². The van der Waals surface area contributed by atoms with E-state index in [-0.39, 0.29) is 6.10 Å². The van der Waals surface area contributed by atoms with Gasteiger partial charge >= 0.3 is 6.09 Å². The van der Waals surface area contributed by atoms with E-state index < -0.39 is 6.09 Å². The van der Waals surface area contributed by atoms with E-state index >= 15 is 0 Å². The van der Waals surface area contributed by atoms with Crippen molar-refractivity contribution in [2.75, 3.05) is 6.54 Å². The average molecular weight is 305 g/mol. The van der Waals surface area contributed by atoms with E-state index in [0.29, 0.717) is 6.54 Å². The molecule has 1 saturated carbocycles. The first-order chi connectivity index (χ1) is 10.8. The molecular weight excluding hydrogens is 278 g/mol. The molecule has 2 N–H and O–H groups in total. The van der Waals surface area contributed by atoms with Crippen molar-refractivity contribution in [3.8, 4) is 5.75 Å². The summed E-state index contributed by atoms with van der Waals surface area (Å²) in [6.45, 7) is 0.351. The summed E-state index contributed by atoms with van der Waals surface area (Å²) in [6, 6.07) is 7.86. The molecule has 1 aliphatic carbocycles. The van der Waals surface area contributed by atoms with Gasteiger partial charge < -0.3 is 15.2 Å². The summed E-state index contributed by atoms with van der Waals surface area (Å²) < 4.78 is 5.66. The second-order valence-electron chi connectivity index (χ2n) is 6.05. The minimum absolute atomic E-state index is 0.0454. The number of para-hydroxylation sites is 1. The highest BCUT2D eigenvalue weighted by Gasteiger charge is 2.19. The first-order valence-electron chi connectivity index (χ1n) is 8.47. The Labute approximate surface area is 132 Å². The van der Waals surface area contributed by atoms with Crippen LogP contribution < -0.4 is 10.1 Å². The Bertz CT molecular complexity index is 442. The molecular formula is C18H27NO3. The van der Waals surface area contributed by atoms with Gasteiger partial charge in [-0.2, -0.15) is 0 Å². The van der Waals surface area contributed by atoms with Gasteiger partial charge in [0.05, 0.1) is 6.54 Å². The maximum absolute atomic E-state index is 10.3. The molecule has 1 heterocycles. The van der Waals surface area contributed by atoms with Crippen LogP contribution in [0.15, 0.2) is 24.3 Å². The number of carboxylic acid groups (broad SMARTS) is 1. The summed E-state index contributed by atoms with van der Waals surface area (Å²) in [5, 5.41) is 10.8. The molecule has 0 saturated heterocycles. The first-order valence-corrected chi connectivity index (χ1v) is 8.47. The van der Waals surface area contributed by atoms with Crippen molar-refractivity contribution in [2.24, 2.45) is 0 Å². The number of hydrogen-bond donors (Lipinski definition) is 2. The second kappa shape index (κ2) is 9.34. The monoisotopic (exact) mass is 305 g/mol. The highest BCUT2D eigenvalue weighted by molar-refractivity contribution is 5.64. The minimum atomic E-state index is -1.00. The zero-order chi connectivity index (χ0) is 15.6. The zero-order valence-corrected chi connectivity index (χ0v) is 13.2. The normalized spacial score (nSPS) is 20.5. The Morgan fingerprint density at radius 1 is 1.09 bits per heavy atom. The van der Waals surface area contributed by atoms with Gasteiger partial charge in [-0.05, 0) is 24.5 Å². The fraction of sp³-hybridized carbons (Fsp3) is 0.611. The number of amides is 1. The fourth-order valence-corrected chi connectivity index (χ4v) is 2.96. The Hall–Kier alpha value is -1.71. The van der Waals surface area contributed by atoms with E-state index in [1.54, 1.807) is 0 Å². The number of ether oxygens (including phenoxy) is 1. The van der Waals surface area contributed by atoms with Gasteiger partial charge in [-0.15, -0.1) is 0 Å². The van der Waals surface area contributed by atoms with E-state index in [9.17, 15) is 4.79 Å². The third kappa shape index (κ3) is 5.96. The fourth-order valence-electron chi connectivity index (χ4n) is 2.96. The molecule has 1 fully saturated rings. The maximum Gasteiger partial charge on any atom is 0.404 e. The SMILES string of the molecule is C1CCCCCC1.O=C(O)NCC1CCc2ccccc2O1. The Morgan fingerprint density at radius 3 is 2.27 bits per heavy atom. The van der Waals surface area contributed by atoms with Crippen LogP contribution in [0.1, 0.15) is 56.9 Å². The summed E-state index contributed by atoms with van der Waals surface area (Å²) in [7, 11) is 0. The number of hydrogen-bond acceptors (Lipinski definition) is 2. The van der Waals surface area contributed by atoms with Gasteiger partial charge in [0.2, 0.25) is 0 Å². The van der Waals surface area contributed by atoms with Crippen LogP contribution in [0, 0.1) is 0 Å². The molecule has 122 valence electrons. The lowest BCUT2D eigenvalue weighted by Gasteiger charge is -2.25. The van der Waals surface area contributed by atoms with Gasteiger partial charge in [-0.3, -0.25) is 0 Å². The average Bonchev–Trinajstić information content (AvgIpc) is 2.86. The summed E-state index contributed by atoms with van der Waals surface area (Å²) in [5.41, 5.74) is 1.20. The van der Waals surface area contributed by atoms with E-state index in [1.165, 1.54) is 50.5 Å². The van der Waals surface area contributed by atoms with Crippen LogP contribution in [0.25, 0.3) is 0 Å². The summed E-state index contributed by atoms with van der Waals surface area (Å²) in [5.74, 6) is 0.876. The lowest BCUT2D eigenvalue weighted by Crippen LogP contribution is -2.36. The van der Waals surface area contributed by atoms with Crippen molar-refractivity contribution in [2.45, 2.75) is 63.9 Å². The van der Waals surface area contributed by atoms with E-state index in [1.807, 2.05) is 24.3 Å². The molecule has 4 heteroatoms. The lowest BCUT2D eigenvalue weighted by atomic mass is 10.0. The zero-order valence-electron chi connectivity index (χ0n) is 13.2. The van der Waals surface area contributed by atoms with Crippen molar-refractivity contribution in [3.05, 3.63) is 29.8 Å². The molecule has 1 unspecified atom stereocenters. The number of nitrogens with one attached hydrogen (secondary N) is 1. The molecule has 4 nitrogen and oxygen atoms in total. The number of benzene rings is 1. The third-order valence-corrected chi connectivity index (χ3v) is 4.23. The smallest absolute Gasteiger partial charge is 0.404 e. The molecule has 2 aliphatic rings. The van der Waals surface area contributed by atoms with Crippen LogP contribution in [-0.2, 0) is 6.42 Å². The molecule has 0 aromatic heterocycles. The van der Waals surface area contributed by atoms with Gasteiger partial charge in [-0.1, -0.05) is 63.1 Å². The van der Waals surface area contributed by atoms with Crippen molar-refractivity contribution < 1.29 is 14.6 Å². The number of aryl methyl sites for hydroxylation is 1. The topological polar surface area (TPSA) is 58.6 Å². The summed E-state index contributed by atoms with van der Waals surface area (Å²) >= 11 is 0. The molecule has 1 aliphatic heterocycles. The Morgan fingerprint density at radius 2 is 1.68 bits per heavy atom. The van der Waals surface area contributed by atoms with Crippen molar-refractivity contribution in [3.63, 3.8) is 0 Å². The molecule has 3 rings (SSSR count). The Balaban J connectivity index is 0.000000211. The van der Waals surface area contributed by atoms with E-state index in [0.717, 1.165) is 18.6 Å². The van der Waals surface area contributed by atoms with Crippen LogP contribution in [0.5, 0.6) is 5.75 Å². The lowest BCUT2D eigenvalue weighted by molar-refractivity contribution is 0.157. The van der Waals surface area contributed by atoms with Crippen molar-refractivity contribution in [1.82, 2.24) is 5.32 Å². The Kier molecular flexibility index (Phi) is 7.07. The number of fused-ring (bicyclic) bond motifs is 1. The van der Waals surface area contributed by atoms with E-state index in [2.05, 4.69) is 5.32 Å². The molecule has 0 bridgehead atoms. The summed E-state index contributed by atoms with van der Waals surface area (Å²) in [4.78, 5) is 10.3.